The number of aromatic nitrogens is 1. The van der Waals surface area contributed by atoms with Gasteiger partial charge in [0.25, 0.3) is 0 Å². The second kappa shape index (κ2) is 6.26. The van der Waals surface area contributed by atoms with Crippen LogP contribution in [0, 0.1) is 6.92 Å². The molecule has 0 saturated carbocycles. The summed E-state index contributed by atoms with van der Waals surface area (Å²) >= 11 is 3.62. The number of nitrogens with one attached hydrogen (secondary N) is 1. The zero-order chi connectivity index (χ0) is 14.8. The van der Waals surface area contributed by atoms with Gasteiger partial charge in [-0.3, -0.25) is 16.3 Å². The lowest BCUT2D eigenvalue weighted by Crippen LogP contribution is -2.34. The van der Waals surface area contributed by atoms with Crippen molar-refractivity contribution in [1.29, 1.82) is 0 Å². The van der Waals surface area contributed by atoms with Crippen molar-refractivity contribution in [3.8, 4) is 0 Å². The van der Waals surface area contributed by atoms with Gasteiger partial charge in [0.1, 0.15) is 0 Å². The minimum absolute atomic E-state index is 0.0934. The Morgan fingerprint density at radius 1 is 1.38 bits per heavy atom. The number of aryl methyl sites for hydroxylation is 2. The van der Waals surface area contributed by atoms with E-state index in [1.807, 2.05) is 12.3 Å². The summed E-state index contributed by atoms with van der Waals surface area (Å²) in [7, 11) is 0. The Balaban J connectivity index is 1.99. The van der Waals surface area contributed by atoms with Crippen molar-refractivity contribution in [3.63, 3.8) is 0 Å². The molecule has 4 heteroatoms. The quantitative estimate of drug-likeness (QED) is 0.657. The predicted octanol–water partition coefficient (Wildman–Crippen LogP) is 3.78. The predicted molar refractivity (Wildman–Crippen MR) is 88.9 cm³/mol. The molecule has 110 valence electrons. The molecule has 1 heterocycles. The Morgan fingerprint density at radius 3 is 3.00 bits per heavy atom. The Labute approximate surface area is 134 Å². The highest BCUT2D eigenvalue weighted by molar-refractivity contribution is 9.10. The number of hydrogen-bond acceptors (Lipinski definition) is 3. The molecule has 1 aliphatic carbocycles. The molecule has 3 N–H and O–H groups in total. The van der Waals surface area contributed by atoms with Crippen LogP contribution in [-0.2, 0) is 6.42 Å². The van der Waals surface area contributed by atoms with Crippen molar-refractivity contribution in [2.24, 2.45) is 5.84 Å². The number of fused-ring (bicyclic) bond motifs is 1. The van der Waals surface area contributed by atoms with Crippen LogP contribution in [0.4, 0.5) is 0 Å². The van der Waals surface area contributed by atoms with E-state index in [9.17, 15) is 0 Å². The number of pyridine rings is 1. The molecule has 2 aromatic rings. The fourth-order valence-corrected chi connectivity index (χ4v) is 3.61. The number of hydrogen-bond donors (Lipinski definition) is 2. The number of benzene rings is 1. The summed E-state index contributed by atoms with van der Waals surface area (Å²) in [5, 5.41) is 0. The van der Waals surface area contributed by atoms with Gasteiger partial charge in [0.05, 0.1) is 6.04 Å². The molecular weight excluding hydrogens is 326 g/mol. The van der Waals surface area contributed by atoms with Crippen LogP contribution in [0.15, 0.2) is 41.0 Å². The standard InChI is InChI=1S/C17H20BrN3/c1-11-7-8-13(10-15(11)18)17(21-19)14-6-2-4-12-5-3-9-20-16(12)14/h3,5,7-10,14,17,21H,2,4,6,19H2,1H3. The summed E-state index contributed by atoms with van der Waals surface area (Å²) in [5.41, 5.74) is 8.01. The smallest absolute Gasteiger partial charge is 0.0544 e. The highest BCUT2D eigenvalue weighted by atomic mass is 79.9. The van der Waals surface area contributed by atoms with Crippen LogP contribution in [0.1, 0.15) is 47.2 Å². The Hall–Kier alpha value is -1.23. The molecule has 0 spiro atoms. The monoisotopic (exact) mass is 345 g/mol. The summed E-state index contributed by atoms with van der Waals surface area (Å²) in [6.07, 6.45) is 5.31. The first-order valence-corrected chi connectivity index (χ1v) is 8.16. The third kappa shape index (κ3) is 2.89. The summed E-state index contributed by atoms with van der Waals surface area (Å²) in [6, 6.07) is 10.8. The topological polar surface area (TPSA) is 50.9 Å². The van der Waals surface area contributed by atoms with Gasteiger partial charge >= 0.3 is 0 Å². The van der Waals surface area contributed by atoms with Crippen LogP contribution in [-0.4, -0.2) is 4.98 Å². The molecule has 0 radical (unpaired) electrons. The van der Waals surface area contributed by atoms with Crippen LogP contribution >= 0.6 is 15.9 Å². The third-order valence-corrected chi connectivity index (χ3v) is 5.23. The Bertz CT molecular complexity index is 642. The second-order valence-corrected chi connectivity index (χ2v) is 6.55. The van der Waals surface area contributed by atoms with Gasteiger partial charge in [-0.05, 0) is 55.0 Å². The van der Waals surface area contributed by atoms with E-state index in [0.29, 0.717) is 5.92 Å². The molecule has 0 bridgehead atoms. The van der Waals surface area contributed by atoms with E-state index >= 15 is 0 Å². The number of halogens is 1. The molecular formula is C17H20BrN3. The highest BCUT2D eigenvalue weighted by Crippen LogP contribution is 2.39. The second-order valence-electron chi connectivity index (χ2n) is 5.70. The Morgan fingerprint density at radius 2 is 2.24 bits per heavy atom. The number of rotatable bonds is 3. The van der Waals surface area contributed by atoms with Crippen LogP contribution in [0.25, 0.3) is 0 Å². The molecule has 1 aliphatic rings. The number of nitrogens with two attached hydrogens (primary N) is 1. The van der Waals surface area contributed by atoms with Crippen LogP contribution < -0.4 is 11.3 Å². The van der Waals surface area contributed by atoms with Crippen molar-refractivity contribution in [3.05, 3.63) is 63.4 Å². The highest BCUT2D eigenvalue weighted by Gasteiger charge is 2.29. The van der Waals surface area contributed by atoms with Crippen LogP contribution in [0.3, 0.4) is 0 Å². The van der Waals surface area contributed by atoms with Crippen molar-refractivity contribution in [2.45, 2.75) is 38.1 Å². The van der Waals surface area contributed by atoms with Gasteiger partial charge in [0.2, 0.25) is 0 Å². The molecule has 0 fully saturated rings. The lowest BCUT2D eigenvalue weighted by Gasteiger charge is -2.31. The molecule has 2 unspecified atom stereocenters. The summed E-state index contributed by atoms with van der Waals surface area (Å²) in [6.45, 7) is 2.09. The van der Waals surface area contributed by atoms with Crippen molar-refractivity contribution in [2.75, 3.05) is 0 Å². The van der Waals surface area contributed by atoms with Gasteiger partial charge in [-0.25, -0.2) is 0 Å². The van der Waals surface area contributed by atoms with Crippen molar-refractivity contribution in [1.82, 2.24) is 10.4 Å². The minimum Gasteiger partial charge on any atom is -0.271 e. The molecule has 0 amide bonds. The lowest BCUT2D eigenvalue weighted by molar-refractivity contribution is 0.400. The van der Waals surface area contributed by atoms with E-state index in [4.69, 9.17) is 5.84 Å². The molecule has 1 aromatic carbocycles. The molecule has 0 aliphatic heterocycles. The molecule has 1 aromatic heterocycles. The molecule has 2 atom stereocenters. The van der Waals surface area contributed by atoms with E-state index < -0.39 is 0 Å². The molecule has 21 heavy (non-hydrogen) atoms. The fourth-order valence-electron chi connectivity index (χ4n) is 3.22. The first-order valence-electron chi connectivity index (χ1n) is 7.36. The normalized spacial score (nSPS) is 19.1. The van der Waals surface area contributed by atoms with E-state index in [1.165, 1.54) is 28.8 Å². The van der Waals surface area contributed by atoms with Gasteiger partial charge < -0.3 is 0 Å². The minimum atomic E-state index is 0.0934. The van der Waals surface area contributed by atoms with Gasteiger partial charge in [-0.2, -0.15) is 0 Å². The first kappa shape index (κ1) is 14.7. The largest absolute Gasteiger partial charge is 0.271 e. The summed E-state index contributed by atoms with van der Waals surface area (Å²) in [4.78, 5) is 4.63. The summed E-state index contributed by atoms with van der Waals surface area (Å²) < 4.78 is 1.12. The van der Waals surface area contributed by atoms with E-state index in [-0.39, 0.29) is 6.04 Å². The van der Waals surface area contributed by atoms with E-state index in [2.05, 4.69) is 57.5 Å². The van der Waals surface area contributed by atoms with Gasteiger partial charge in [-0.1, -0.05) is 34.1 Å². The van der Waals surface area contributed by atoms with Crippen LogP contribution in [0.2, 0.25) is 0 Å². The lowest BCUT2D eigenvalue weighted by atomic mass is 9.80. The zero-order valence-electron chi connectivity index (χ0n) is 12.1. The summed E-state index contributed by atoms with van der Waals surface area (Å²) in [5.74, 6) is 6.22. The average molecular weight is 346 g/mol. The van der Waals surface area contributed by atoms with Gasteiger partial charge in [0.15, 0.2) is 0 Å². The number of nitrogens with zero attached hydrogens (tertiary/aromatic N) is 1. The van der Waals surface area contributed by atoms with Crippen LogP contribution in [0.5, 0.6) is 0 Å². The maximum absolute atomic E-state index is 5.89. The van der Waals surface area contributed by atoms with Gasteiger partial charge in [-0.15, -0.1) is 0 Å². The fraction of sp³-hybridized carbons (Fsp3) is 0.353. The SMILES string of the molecule is Cc1ccc(C(NN)C2CCCc3cccnc32)cc1Br. The maximum atomic E-state index is 5.89. The Kier molecular flexibility index (Phi) is 4.38. The average Bonchev–Trinajstić information content (AvgIpc) is 2.52. The molecule has 3 rings (SSSR count). The van der Waals surface area contributed by atoms with Crippen molar-refractivity contribution >= 4 is 15.9 Å². The zero-order valence-corrected chi connectivity index (χ0v) is 13.7. The molecule has 0 saturated heterocycles. The number of hydrazine groups is 1. The van der Waals surface area contributed by atoms with Gasteiger partial charge in [0, 0.05) is 22.3 Å². The third-order valence-electron chi connectivity index (χ3n) is 4.38. The van der Waals surface area contributed by atoms with Crippen molar-refractivity contribution < 1.29 is 0 Å². The van der Waals surface area contributed by atoms with E-state index in [0.717, 1.165) is 17.3 Å². The van der Waals surface area contributed by atoms with E-state index in [1.54, 1.807) is 0 Å². The maximum Gasteiger partial charge on any atom is 0.0544 e. The molecule has 3 nitrogen and oxygen atoms in total. The first-order chi connectivity index (χ1) is 10.2.